The smallest absolute Gasteiger partial charge is 0.340 e. The summed E-state index contributed by atoms with van der Waals surface area (Å²) < 4.78 is 14.3. The van der Waals surface area contributed by atoms with E-state index in [0.717, 1.165) is 40.8 Å². The summed E-state index contributed by atoms with van der Waals surface area (Å²) in [6.07, 6.45) is 6.61. The summed E-state index contributed by atoms with van der Waals surface area (Å²) in [6, 6.07) is 21.2. The molecule has 11 nitrogen and oxygen atoms in total. The minimum Gasteiger partial charge on any atom is -0.462 e. The molecule has 1 aliphatic rings. The van der Waals surface area contributed by atoms with Crippen LogP contribution < -0.4 is 10.3 Å². The quantitative estimate of drug-likeness (QED) is 0.108. The first-order valence-corrected chi connectivity index (χ1v) is 15.8. The number of ether oxygens (including phenoxy) is 2. The van der Waals surface area contributed by atoms with Gasteiger partial charge in [-0.1, -0.05) is 80.1 Å². The summed E-state index contributed by atoms with van der Waals surface area (Å²) >= 11 is 0. The number of hydrogen-bond donors (Lipinski definition) is 1. The van der Waals surface area contributed by atoms with Crippen molar-refractivity contribution in [2.45, 2.75) is 58.5 Å². The SMILES string of the molecule is CCCCc1c(Cc2ccc(-c3ccccc3-c3nnn[nH]3)cc2)c(=O)n2n1C(C)C=CC2C(=O)Oc1cccc(C(=O)OCC)c1. The number of aromatic nitrogens is 6. The van der Waals surface area contributed by atoms with Crippen LogP contribution in [0.2, 0.25) is 0 Å². The van der Waals surface area contributed by atoms with Crippen molar-refractivity contribution in [1.29, 1.82) is 0 Å². The van der Waals surface area contributed by atoms with Crippen molar-refractivity contribution in [1.82, 2.24) is 30.0 Å². The Morgan fingerprint density at radius 3 is 2.45 bits per heavy atom. The molecule has 1 N–H and O–H groups in total. The van der Waals surface area contributed by atoms with Crippen LogP contribution in [0.4, 0.5) is 0 Å². The molecule has 2 atom stereocenters. The molecule has 0 spiro atoms. The van der Waals surface area contributed by atoms with Crippen LogP contribution in [0.5, 0.6) is 5.75 Å². The average Bonchev–Trinajstić information content (AvgIpc) is 3.72. The van der Waals surface area contributed by atoms with Gasteiger partial charge < -0.3 is 9.47 Å². The lowest BCUT2D eigenvalue weighted by atomic mass is 9.96. The Balaban J connectivity index is 1.31. The molecule has 0 bridgehead atoms. The van der Waals surface area contributed by atoms with Crippen molar-refractivity contribution in [3.05, 3.63) is 118 Å². The molecule has 0 saturated carbocycles. The number of fused-ring (bicyclic) bond motifs is 1. The molecule has 0 saturated heterocycles. The molecular formula is C36H36N6O5. The van der Waals surface area contributed by atoms with Crippen LogP contribution >= 0.6 is 0 Å². The number of rotatable bonds is 11. The second kappa shape index (κ2) is 13.8. The third-order valence-corrected chi connectivity index (χ3v) is 8.29. The van der Waals surface area contributed by atoms with Crippen molar-refractivity contribution >= 4 is 11.9 Å². The molecule has 0 aliphatic carbocycles. The summed E-state index contributed by atoms with van der Waals surface area (Å²) in [7, 11) is 0. The molecule has 47 heavy (non-hydrogen) atoms. The van der Waals surface area contributed by atoms with Gasteiger partial charge in [-0.05, 0) is 72.0 Å². The number of allylic oxidation sites excluding steroid dienone is 1. The van der Waals surface area contributed by atoms with E-state index in [0.29, 0.717) is 24.2 Å². The fraction of sp³-hybridized carbons (Fsp3) is 0.278. The lowest BCUT2D eigenvalue weighted by Crippen LogP contribution is -2.37. The molecule has 5 aromatic rings. The molecule has 0 radical (unpaired) electrons. The van der Waals surface area contributed by atoms with Gasteiger partial charge in [-0.3, -0.25) is 9.48 Å². The number of benzene rings is 3. The summed E-state index contributed by atoms with van der Waals surface area (Å²) in [6.45, 7) is 6.08. The molecule has 3 aromatic carbocycles. The van der Waals surface area contributed by atoms with Crippen LogP contribution in [0.1, 0.15) is 72.9 Å². The predicted molar refractivity (Wildman–Crippen MR) is 176 cm³/mol. The molecular weight excluding hydrogens is 596 g/mol. The van der Waals surface area contributed by atoms with Crippen molar-refractivity contribution in [2.75, 3.05) is 6.61 Å². The second-order valence-electron chi connectivity index (χ2n) is 11.4. The topological polar surface area (TPSA) is 134 Å². The van der Waals surface area contributed by atoms with Gasteiger partial charge in [-0.15, -0.1) is 5.10 Å². The lowest BCUT2D eigenvalue weighted by Gasteiger charge is -2.27. The van der Waals surface area contributed by atoms with Crippen LogP contribution in [0.3, 0.4) is 0 Å². The molecule has 2 aromatic heterocycles. The van der Waals surface area contributed by atoms with Crippen molar-refractivity contribution in [3.63, 3.8) is 0 Å². The highest BCUT2D eigenvalue weighted by atomic mass is 16.5. The second-order valence-corrected chi connectivity index (χ2v) is 11.4. The number of unbranched alkanes of at least 4 members (excludes halogenated alkanes) is 1. The van der Waals surface area contributed by atoms with Gasteiger partial charge >= 0.3 is 11.9 Å². The fourth-order valence-corrected chi connectivity index (χ4v) is 6.02. The van der Waals surface area contributed by atoms with Gasteiger partial charge in [0.2, 0.25) is 0 Å². The minimum absolute atomic E-state index is 0.135. The zero-order valence-corrected chi connectivity index (χ0v) is 26.6. The number of carbonyl (C=O) groups is 2. The summed E-state index contributed by atoms with van der Waals surface area (Å²) in [5.74, 6) is -0.336. The number of nitrogens with zero attached hydrogens (tertiary/aromatic N) is 5. The first-order chi connectivity index (χ1) is 22.9. The lowest BCUT2D eigenvalue weighted by molar-refractivity contribution is -0.137. The third-order valence-electron chi connectivity index (χ3n) is 8.29. The van der Waals surface area contributed by atoms with Gasteiger partial charge in [-0.2, -0.15) is 0 Å². The van der Waals surface area contributed by atoms with Gasteiger partial charge in [0.25, 0.3) is 5.56 Å². The molecule has 0 amide bonds. The van der Waals surface area contributed by atoms with Gasteiger partial charge in [0.15, 0.2) is 11.9 Å². The van der Waals surface area contributed by atoms with Crippen LogP contribution in [0, 0.1) is 0 Å². The molecule has 11 heteroatoms. The van der Waals surface area contributed by atoms with E-state index in [9.17, 15) is 14.4 Å². The number of tetrazole rings is 1. The molecule has 3 heterocycles. The summed E-state index contributed by atoms with van der Waals surface area (Å²) in [5.41, 5.74) is 5.47. The Hall–Kier alpha value is -5.58. The van der Waals surface area contributed by atoms with E-state index >= 15 is 0 Å². The summed E-state index contributed by atoms with van der Waals surface area (Å²) in [4.78, 5) is 40.0. The highest BCUT2D eigenvalue weighted by Crippen LogP contribution is 2.31. The predicted octanol–water partition coefficient (Wildman–Crippen LogP) is 5.88. The first-order valence-electron chi connectivity index (χ1n) is 15.8. The fourth-order valence-electron chi connectivity index (χ4n) is 6.02. The Morgan fingerprint density at radius 2 is 1.72 bits per heavy atom. The molecule has 1 aliphatic heterocycles. The van der Waals surface area contributed by atoms with E-state index < -0.39 is 18.0 Å². The molecule has 0 fully saturated rings. The summed E-state index contributed by atoms with van der Waals surface area (Å²) in [5, 5.41) is 14.3. The standard InChI is InChI=1S/C36H36N6O5/c1-4-6-14-31-30(21-24-16-18-25(19-17-24)28-12-7-8-13-29(28)33-37-39-40-38-33)34(43)42-32(20-15-23(3)41(31)42)36(45)47-27-11-9-10-26(22-27)35(44)46-5-2/h7-13,15-20,22-23,32H,4-6,14,21H2,1-3H3,(H,37,38,39,40). The number of carbonyl (C=O) groups excluding carboxylic acids is 2. The van der Waals surface area contributed by atoms with Gasteiger partial charge in [0.1, 0.15) is 5.75 Å². The van der Waals surface area contributed by atoms with Crippen LogP contribution in [0.15, 0.2) is 89.7 Å². The van der Waals surface area contributed by atoms with Crippen LogP contribution in [-0.2, 0) is 22.4 Å². The van der Waals surface area contributed by atoms with Gasteiger partial charge in [0, 0.05) is 23.2 Å². The molecule has 240 valence electrons. The van der Waals surface area contributed by atoms with Gasteiger partial charge in [-0.25, -0.2) is 19.4 Å². The van der Waals surface area contributed by atoms with Crippen molar-refractivity contribution < 1.29 is 19.1 Å². The minimum atomic E-state index is -0.969. The molecule has 2 unspecified atom stereocenters. The van der Waals surface area contributed by atoms with E-state index in [1.165, 1.54) is 10.7 Å². The number of aromatic amines is 1. The van der Waals surface area contributed by atoms with Crippen molar-refractivity contribution in [3.8, 4) is 28.3 Å². The molecule has 6 rings (SSSR count). The highest BCUT2D eigenvalue weighted by Gasteiger charge is 2.33. The third kappa shape index (κ3) is 6.42. The maximum atomic E-state index is 14.2. The number of esters is 2. The zero-order valence-electron chi connectivity index (χ0n) is 26.6. The highest BCUT2D eigenvalue weighted by molar-refractivity contribution is 5.90. The number of H-pyrrole nitrogens is 1. The number of hydrogen-bond acceptors (Lipinski definition) is 8. The zero-order chi connectivity index (χ0) is 32.9. The Kier molecular flexibility index (Phi) is 9.23. The Bertz CT molecular complexity index is 1970. The van der Waals surface area contributed by atoms with E-state index in [1.54, 1.807) is 31.2 Å². The van der Waals surface area contributed by atoms with E-state index in [2.05, 4.69) is 27.5 Å². The Labute approximate surface area is 271 Å². The van der Waals surface area contributed by atoms with E-state index in [-0.39, 0.29) is 29.5 Å². The Morgan fingerprint density at radius 1 is 0.936 bits per heavy atom. The van der Waals surface area contributed by atoms with E-state index in [4.69, 9.17) is 9.47 Å². The normalized spacial score (nSPS) is 15.3. The average molecular weight is 633 g/mol. The maximum absolute atomic E-state index is 14.2. The largest absolute Gasteiger partial charge is 0.462 e. The van der Waals surface area contributed by atoms with Crippen LogP contribution in [-0.4, -0.2) is 48.5 Å². The first kappa shape index (κ1) is 31.4. The van der Waals surface area contributed by atoms with E-state index in [1.807, 2.05) is 66.2 Å². The monoisotopic (exact) mass is 632 g/mol. The maximum Gasteiger partial charge on any atom is 0.340 e. The van der Waals surface area contributed by atoms with Crippen LogP contribution in [0.25, 0.3) is 22.5 Å². The van der Waals surface area contributed by atoms with Crippen molar-refractivity contribution in [2.24, 2.45) is 0 Å². The van der Waals surface area contributed by atoms with Gasteiger partial charge in [0.05, 0.1) is 18.2 Å². The number of nitrogens with one attached hydrogen (secondary N) is 1.